The van der Waals surface area contributed by atoms with Crippen LogP contribution in [0.5, 0.6) is 0 Å². The molecule has 376 valence electrons. The number of carboxylic acids is 1. The Morgan fingerprint density at radius 1 is 0.634 bits per heavy atom. The number of hydrogen-bond donors (Lipinski definition) is 4. The van der Waals surface area contributed by atoms with Crippen LogP contribution in [0.25, 0.3) is 22.5 Å². The molecule has 6 aliphatic rings. The number of aliphatic hydroxyl groups excluding tert-OH is 1. The number of halogens is 4. The van der Waals surface area contributed by atoms with Crippen molar-refractivity contribution in [3.8, 4) is 22.5 Å². The van der Waals surface area contributed by atoms with Gasteiger partial charge in [0.1, 0.15) is 44.1 Å². The lowest BCUT2D eigenvalue weighted by atomic mass is 9.73. The van der Waals surface area contributed by atoms with E-state index < -0.39 is 17.2 Å². The largest absolute Gasteiger partial charge is 0.481 e. The molecule has 0 saturated heterocycles. The molecule has 0 aliphatic heterocycles. The Morgan fingerprint density at radius 3 is 1.41 bits per heavy atom. The highest BCUT2D eigenvalue weighted by Crippen LogP contribution is 2.58. The summed E-state index contributed by atoms with van der Waals surface area (Å²) >= 11 is 28.8. The molecule has 12 rings (SSSR count). The Hall–Kier alpha value is -3.45. The van der Waals surface area contributed by atoms with Crippen molar-refractivity contribution in [2.75, 3.05) is 6.61 Å². The molecule has 0 radical (unpaired) electrons. The fraction of sp³-hybridized carbons (Fsp3) is 0.519. The fourth-order valence-corrected chi connectivity index (χ4v) is 15.3. The summed E-state index contributed by atoms with van der Waals surface area (Å²) < 4.78 is 24.5. The summed E-state index contributed by atoms with van der Waals surface area (Å²) in [6.45, 7) is 0.791. The van der Waals surface area contributed by atoms with E-state index in [1.54, 1.807) is 23.6 Å². The van der Waals surface area contributed by atoms with E-state index in [1.165, 1.54) is 22.7 Å². The summed E-state index contributed by atoms with van der Waals surface area (Å²) in [5.41, 5.74) is 3.92. The molecule has 19 heteroatoms. The molecule has 6 aliphatic carbocycles. The normalized spacial score (nSPS) is 27.8. The van der Waals surface area contributed by atoms with Crippen LogP contribution in [0.3, 0.4) is 0 Å². The summed E-state index contributed by atoms with van der Waals surface area (Å²) in [6, 6.07) is 10.8. The smallest absolute Gasteiger partial charge is 0.309 e. The van der Waals surface area contributed by atoms with Gasteiger partial charge in [-0.1, -0.05) is 68.8 Å². The summed E-state index contributed by atoms with van der Waals surface area (Å²) in [5, 5.41) is 57.8. The minimum Gasteiger partial charge on any atom is -0.481 e. The second-order valence-electron chi connectivity index (χ2n) is 20.2. The average molecular weight is 1080 g/mol. The van der Waals surface area contributed by atoms with Crippen LogP contribution in [-0.4, -0.2) is 65.5 Å². The van der Waals surface area contributed by atoms with Gasteiger partial charge in [0.15, 0.2) is 0 Å². The van der Waals surface area contributed by atoms with Gasteiger partial charge >= 0.3 is 5.97 Å². The third-order valence-electron chi connectivity index (χ3n) is 15.8. The maximum absolute atomic E-state index is 11.7. The van der Waals surface area contributed by atoms with E-state index in [4.69, 9.17) is 70.0 Å². The number of aromatic nitrogens is 4. The van der Waals surface area contributed by atoms with Crippen molar-refractivity contribution in [3.63, 3.8) is 0 Å². The van der Waals surface area contributed by atoms with Gasteiger partial charge in [-0.15, -0.1) is 22.7 Å². The maximum atomic E-state index is 11.7. The van der Waals surface area contributed by atoms with Gasteiger partial charge in [0.2, 0.25) is 0 Å². The van der Waals surface area contributed by atoms with Gasteiger partial charge in [-0.25, -0.2) is 9.97 Å². The number of thiazole rings is 2. The monoisotopic (exact) mass is 1080 g/mol. The van der Waals surface area contributed by atoms with Crippen LogP contribution in [0.2, 0.25) is 20.1 Å². The van der Waals surface area contributed by atoms with Gasteiger partial charge in [-0.3, -0.25) is 4.79 Å². The van der Waals surface area contributed by atoms with Crippen LogP contribution in [0.15, 0.2) is 56.2 Å². The molecule has 0 amide bonds. The number of hydrogen-bond acceptors (Lipinski definition) is 14. The SMILES string of the molecule is O=C(O)Cc1csc(C2(O)[C@@H]3CC[C@H]2CC(OCc2c(-c4c(Cl)cccc4Cl)noc2C2CC2)C3)n1.OCCc1csc(C2(O)[C@@H]3CC[C@H]2CC(OCc2c(-c4c(Cl)cccc4Cl)noc2C2CC2)C3)n1. The predicted octanol–water partition coefficient (Wildman–Crippen LogP) is 12.3. The van der Waals surface area contributed by atoms with Gasteiger partial charge < -0.3 is 38.9 Å². The number of rotatable bonds is 16. The van der Waals surface area contributed by atoms with Crippen LogP contribution < -0.4 is 0 Å². The van der Waals surface area contributed by atoms with Crippen molar-refractivity contribution in [2.24, 2.45) is 23.7 Å². The Kier molecular flexibility index (Phi) is 14.3. The Balaban J connectivity index is 0.000000154. The second-order valence-corrected chi connectivity index (χ2v) is 23.6. The lowest BCUT2D eigenvalue weighted by Crippen LogP contribution is -2.44. The minimum atomic E-state index is -1.02. The van der Waals surface area contributed by atoms with Crippen molar-refractivity contribution < 1.29 is 43.7 Å². The molecule has 4 heterocycles. The molecule has 6 saturated carbocycles. The van der Waals surface area contributed by atoms with E-state index in [1.807, 2.05) is 23.6 Å². The third-order valence-corrected chi connectivity index (χ3v) is 19.1. The highest BCUT2D eigenvalue weighted by atomic mass is 35.5. The summed E-state index contributed by atoms with van der Waals surface area (Å²) in [6.07, 6.45) is 11.5. The second kappa shape index (κ2) is 20.3. The van der Waals surface area contributed by atoms with E-state index in [0.717, 1.165) is 97.6 Å². The zero-order chi connectivity index (χ0) is 49.2. The van der Waals surface area contributed by atoms with Gasteiger partial charge in [-0.2, -0.15) is 0 Å². The maximum Gasteiger partial charge on any atom is 0.309 e. The summed E-state index contributed by atoms with van der Waals surface area (Å²) in [4.78, 5) is 20.2. The highest BCUT2D eigenvalue weighted by molar-refractivity contribution is 7.10. The standard InChI is InChI=1S/C26H26Cl2N2O5S.C26H28Cl2N2O4S/c27-19-2-1-3-20(28)22(19)23-18(24(35-30-23)13-4-5-13)11-34-17-8-14-6-7-15(9-17)26(14,33)25-29-16(12-36-25)10-21(31)32;27-20-2-1-3-21(28)22(20)23-19(24(34-30-23)14-4-5-14)12-33-18-10-15-6-7-16(11-18)26(15,32)25-29-17(8-9-31)13-35-25/h1-3,12-15,17,33H,4-11H2,(H,31,32);1-3,13-16,18,31-32H,4-12H2/t14-,15+,17?,26?;15-,16+,18?,26?. The van der Waals surface area contributed by atoms with Crippen LogP contribution in [-0.2, 0) is 51.5 Å². The number of nitrogens with zero attached hydrogens (tertiary/aromatic N) is 4. The summed E-state index contributed by atoms with van der Waals surface area (Å²) in [5.74, 6) is 1.81. The van der Waals surface area contributed by atoms with E-state index >= 15 is 0 Å². The van der Waals surface area contributed by atoms with E-state index in [9.17, 15) is 20.1 Å². The first-order chi connectivity index (χ1) is 34.3. The lowest BCUT2D eigenvalue weighted by Gasteiger charge is -2.41. The Morgan fingerprint density at radius 2 is 1.03 bits per heavy atom. The predicted molar refractivity (Wildman–Crippen MR) is 270 cm³/mol. The van der Waals surface area contributed by atoms with Gasteiger partial charge in [0.25, 0.3) is 0 Å². The number of benzene rings is 2. The lowest BCUT2D eigenvalue weighted by molar-refractivity contribution is -0.136. The number of aliphatic hydroxyl groups is 3. The quantitative estimate of drug-likeness (QED) is 0.0716. The van der Waals surface area contributed by atoms with E-state index in [0.29, 0.717) is 97.6 Å². The molecule has 8 atom stereocenters. The first-order valence-electron chi connectivity index (χ1n) is 24.6. The molecule has 4 unspecified atom stereocenters. The van der Waals surface area contributed by atoms with Gasteiger partial charge in [-0.05, 0) is 125 Å². The van der Waals surface area contributed by atoms with E-state index in [2.05, 4.69) is 20.3 Å². The first-order valence-corrected chi connectivity index (χ1v) is 27.9. The number of fused-ring (bicyclic) bond motifs is 4. The number of carbonyl (C=O) groups is 1. The van der Waals surface area contributed by atoms with Crippen molar-refractivity contribution >= 4 is 75.0 Å². The van der Waals surface area contributed by atoms with Crippen molar-refractivity contribution in [3.05, 3.63) is 111 Å². The van der Waals surface area contributed by atoms with Gasteiger partial charge in [0, 0.05) is 57.9 Å². The zero-order valence-electron chi connectivity index (χ0n) is 38.7. The Bertz CT molecular complexity index is 2840. The molecule has 6 fully saturated rings. The molecule has 6 aromatic rings. The molecule has 13 nitrogen and oxygen atoms in total. The molecule has 2 aromatic carbocycles. The number of aliphatic carboxylic acids is 1. The topological polar surface area (TPSA) is 194 Å². The molecule has 4 bridgehead atoms. The molecular weight excluding hydrogens is 1030 g/mol. The molecular formula is C52H54Cl4N4O9S2. The number of carboxylic acid groups (broad SMARTS) is 1. The fourth-order valence-electron chi connectivity index (χ4n) is 11.9. The average Bonchev–Trinajstić information content (AvgIpc) is 4.12. The van der Waals surface area contributed by atoms with E-state index in [-0.39, 0.29) is 48.9 Å². The summed E-state index contributed by atoms with van der Waals surface area (Å²) in [7, 11) is 0. The molecule has 71 heavy (non-hydrogen) atoms. The minimum absolute atomic E-state index is 0.0160. The molecule has 4 N–H and O–H groups in total. The van der Waals surface area contributed by atoms with Crippen LogP contribution in [0.1, 0.15) is 133 Å². The third kappa shape index (κ3) is 9.65. The van der Waals surface area contributed by atoms with Crippen molar-refractivity contribution in [2.45, 2.75) is 138 Å². The molecule has 4 aromatic heterocycles. The van der Waals surface area contributed by atoms with Crippen LogP contribution >= 0.6 is 69.1 Å². The highest BCUT2D eigenvalue weighted by Gasteiger charge is 2.57. The first kappa shape index (κ1) is 49.7. The Labute approximate surface area is 438 Å². The number of ether oxygens (including phenoxy) is 2. The van der Waals surface area contributed by atoms with Gasteiger partial charge in [0.05, 0.1) is 63.3 Å². The van der Waals surface area contributed by atoms with Crippen molar-refractivity contribution in [1.82, 2.24) is 20.3 Å². The van der Waals surface area contributed by atoms with Crippen molar-refractivity contribution in [1.29, 1.82) is 0 Å². The zero-order valence-corrected chi connectivity index (χ0v) is 43.4. The van der Waals surface area contributed by atoms with Crippen LogP contribution in [0, 0.1) is 23.7 Å². The van der Waals surface area contributed by atoms with Crippen LogP contribution in [0.4, 0.5) is 0 Å². The molecule has 0 spiro atoms.